The van der Waals surface area contributed by atoms with Gasteiger partial charge in [-0.1, -0.05) is 29.8 Å². The maximum atomic E-state index is 6.09. The Balaban J connectivity index is 1.74. The monoisotopic (exact) mass is 282 g/mol. The quantitative estimate of drug-likeness (QED) is 0.873. The van der Waals surface area contributed by atoms with E-state index in [2.05, 4.69) is 43.0 Å². The van der Waals surface area contributed by atoms with Crippen LogP contribution in [-0.2, 0) is 6.42 Å². The fraction of sp³-hybridized carbons (Fsp3) is 0.333. The molecule has 0 bridgehead atoms. The molecular weight excluding hydrogens is 260 g/mol. The van der Waals surface area contributed by atoms with Gasteiger partial charge >= 0.3 is 0 Å². The number of benzene rings is 2. The minimum absolute atomic E-state index is 0.196. The summed E-state index contributed by atoms with van der Waals surface area (Å²) in [6.45, 7) is 6.05. The summed E-state index contributed by atoms with van der Waals surface area (Å²) in [4.78, 5) is 2.29. The van der Waals surface area contributed by atoms with Gasteiger partial charge in [-0.2, -0.15) is 0 Å². The minimum atomic E-state index is 0.196. The molecular formula is C18H22N2O. The summed E-state index contributed by atoms with van der Waals surface area (Å²) in [5, 5.41) is 0. The molecule has 0 aliphatic carbocycles. The van der Waals surface area contributed by atoms with Crippen LogP contribution in [0.3, 0.4) is 0 Å². The van der Waals surface area contributed by atoms with E-state index in [9.17, 15) is 0 Å². The highest BCUT2D eigenvalue weighted by Gasteiger charge is 2.25. The third kappa shape index (κ3) is 2.82. The van der Waals surface area contributed by atoms with Gasteiger partial charge in [-0.15, -0.1) is 0 Å². The van der Waals surface area contributed by atoms with E-state index in [1.807, 2.05) is 18.2 Å². The molecule has 0 fully saturated rings. The summed E-state index contributed by atoms with van der Waals surface area (Å²) in [6.07, 6.45) is 1.17. The first-order valence-electron chi connectivity index (χ1n) is 7.53. The molecule has 1 unspecified atom stereocenters. The Bertz CT molecular complexity index is 639. The van der Waals surface area contributed by atoms with Crippen molar-refractivity contribution in [3.05, 3.63) is 53.6 Å². The van der Waals surface area contributed by atoms with Gasteiger partial charge in [0.15, 0.2) is 0 Å². The van der Waals surface area contributed by atoms with E-state index in [1.165, 1.54) is 11.1 Å². The highest BCUT2D eigenvalue weighted by Crippen LogP contribution is 2.31. The Morgan fingerprint density at radius 2 is 2.05 bits per heavy atom. The molecule has 0 spiro atoms. The van der Waals surface area contributed by atoms with Crippen molar-refractivity contribution in [3.8, 4) is 5.75 Å². The van der Waals surface area contributed by atoms with Crippen molar-refractivity contribution >= 4 is 11.4 Å². The van der Waals surface area contributed by atoms with Crippen molar-refractivity contribution in [2.24, 2.45) is 0 Å². The molecule has 2 aromatic carbocycles. The SMILES string of the molecule is CCN(CC1Cc2cc(C)ccc2O1)c1ccccc1N. The first-order valence-corrected chi connectivity index (χ1v) is 7.53. The zero-order chi connectivity index (χ0) is 14.8. The molecule has 0 amide bonds. The van der Waals surface area contributed by atoms with Crippen LogP contribution in [0.5, 0.6) is 5.75 Å². The standard InChI is InChI=1S/C18H22N2O/c1-3-20(17-7-5-4-6-16(17)19)12-15-11-14-10-13(2)8-9-18(14)21-15/h4-10,15H,3,11-12,19H2,1-2H3. The largest absolute Gasteiger partial charge is 0.488 e. The highest BCUT2D eigenvalue weighted by molar-refractivity contribution is 5.67. The Kier molecular flexibility index (Phi) is 3.74. The number of nitrogens with zero attached hydrogens (tertiary/aromatic N) is 1. The van der Waals surface area contributed by atoms with Gasteiger partial charge in [0.1, 0.15) is 11.9 Å². The highest BCUT2D eigenvalue weighted by atomic mass is 16.5. The smallest absolute Gasteiger partial charge is 0.123 e. The van der Waals surface area contributed by atoms with Crippen molar-refractivity contribution in [2.75, 3.05) is 23.7 Å². The normalized spacial score (nSPS) is 16.4. The van der Waals surface area contributed by atoms with Gasteiger partial charge < -0.3 is 15.4 Å². The summed E-state index contributed by atoms with van der Waals surface area (Å²) in [5.41, 5.74) is 10.6. The van der Waals surface area contributed by atoms with Crippen LogP contribution < -0.4 is 15.4 Å². The van der Waals surface area contributed by atoms with E-state index in [0.717, 1.165) is 36.6 Å². The predicted molar refractivity (Wildman–Crippen MR) is 88.0 cm³/mol. The lowest BCUT2D eigenvalue weighted by Gasteiger charge is -2.27. The number of ether oxygens (including phenoxy) is 1. The second-order valence-electron chi connectivity index (χ2n) is 5.65. The number of para-hydroxylation sites is 2. The molecule has 1 aliphatic heterocycles. The van der Waals surface area contributed by atoms with Crippen LogP contribution in [0.25, 0.3) is 0 Å². The topological polar surface area (TPSA) is 38.5 Å². The molecule has 3 rings (SSSR count). The molecule has 21 heavy (non-hydrogen) atoms. The average Bonchev–Trinajstić information content (AvgIpc) is 2.87. The van der Waals surface area contributed by atoms with Gasteiger partial charge in [0, 0.05) is 13.0 Å². The van der Waals surface area contributed by atoms with Gasteiger partial charge in [-0.05, 0) is 37.6 Å². The van der Waals surface area contributed by atoms with Crippen molar-refractivity contribution in [2.45, 2.75) is 26.4 Å². The molecule has 110 valence electrons. The average molecular weight is 282 g/mol. The summed E-state index contributed by atoms with van der Waals surface area (Å²) in [5.74, 6) is 1.03. The van der Waals surface area contributed by atoms with E-state index in [-0.39, 0.29) is 6.10 Å². The number of aryl methyl sites for hydroxylation is 1. The lowest BCUT2D eigenvalue weighted by molar-refractivity contribution is 0.237. The molecule has 0 radical (unpaired) electrons. The van der Waals surface area contributed by atoms with E-state index >= 15 is 0 Å². The minimum Gasteiger partial charge on any atom is -0.488 e. The number of hydrogen-bond acceptors (Lipinski definition) is 3. The zero-order valence-electron chi connectivity index (χ0n) is 12.7. The first-order chi connectivity index (χ1) is 10.2. The third-order valence-corrected chi connectivity index (χ3v) is 4.04. The molecule has 1 aliphatic rings. The molecule has 0 saturated heterocycles. The van der Waals surface area contributed by atoms with Crippen LogP contribution >= 0.6 is 0 Å². The molecule has 0 saturated carbocycles. The van der Waals surface area contributed by atoms with E-state index < -0.39 is 0 Å². The van der Waals surface area contributed by atoms with Crippen molar-refractivity contribution < 1.29 is 4.74 Å². The molecule has 3 heteroatoms. The second kappa shape index (κ2) is 5.68. The number of anilines is 2. The number of rotatable bonds is 4. The van der Waals surface area contributed by atoms with Gasteiger partial charge in [-0.3, -0.25) is 0 Å². The lowest BCUT2D eigenvalue weighted by atomic mass is 10.1. The molecule has 2 N–H and O–H groups in total. The number of likely N-dealkylation sites (N-methyl/N-ethyl adjacent to an activating group) is 1. The Hall–Kier alpha value is -2.16. The van der Waals surface area contributed by atoms with Crippen LogP contribution in [0.15, 0.2) is 42.5 Å². The Labute approximate surface area is 126 Å². The number of nitrogens with two attached hydrogens (primary N) is 1. The molecule has 2 aromatic rings. The molecule has 1 heterocycles. The maximum Gasteiger partial charge on any atom is 0.123 e. The van der Waals surface area contributed by atoms with Gasteiger partial charge in [0.25, 0.3) is 0 Å². The fourth-order valence-corrected chi connectivity index (χ4v) is 2.97. The van der Waals surface area contributed by atoms with E-state index in [0.29, 0.717) is 0 Å². The van der Waals surface area contributed by atoms with Gasteiger partial charge in [-0.25, -0.2) is 0 Å². The summed E-state index contributed by atoms with van der Waals surface area (Å²) >= 11 is 0. The third-order valence-electron chi connectivity index (χ3n) is 4.04. The van der Waals surface area contributed by atoms with Crippen LogP contribution in [0.2, 0.25) is 0 Å². The van der Waals surface area contributed by atoms with Crippen LogP contribution in [0.1, 0.15) is 18.1 Å². The van der Waals surface area contributed by atoms with E-state index in [4.69, 9.17) is 10.5 Å². The number of nitrogen functional groups attached to an aromatic ring is 1. The Morgan fingerprint density at radius 3 is 2.81 bits per heavy atom. The summed E-state index contributed by atoms with van der Waals surface area (Å²) < 4.78 is 6.07. The molecule has 3 nitrogen and oxygen atoms in total. The first kappa shape index (κ1) is 13.8. The maximum absolute atomic E-state index is 6.09. The van der Waals surface area contributed by atoms with E-state index in [1.54, 1.807) is 0 Å². The van der Waals surface area contributed by atoms with Gasteiger partial charge in [0.05, 0.1) is 17.9 Å². The number of fused-ring (bicyclic) bond motifs is 1. The van der Waals surface area contributed by atoms with Crippen molar-refractivity contribution in [1.82, 2.24) is 0 Å². The van der Waals surface area contributed by atoms with Crippen LogP contribution in [-0.4, -0.2) is 19.2 Å². The predicted octanol–water partition coefficient (Wildman–Crippen LogP) is 3.41. The van der Waals surface area contributed by atoms with Crippen LogP contribution in [0, 0.1) is 6.92 Å². The summed E-state index contributed by atoms with van der Waals surface area (Å²) in [7, 11) is 0. The lowest BCUT2D eigenvalue weighted by Crippen LogP contribution is -2.35. The molecule has 1 atom stereocenters. The van der Waals surface area contributed by atoms with Crippen molar-refractivity contribution in [1.29, 1.82) is 0 Å². The Morgan fingerprint density at radius 1 is 1.24 bits per heavy atom. The summed E-state index contributed by atoms with van der Waals surface area (Å²) in [6, 6.07) is 14.4. The zero-order valence-corrected chi connectivity index (χ0v) is 12.7. The second-order valence-corrected chi connectivity index (χ2v) is 5.65. The number of hydrogen-bond donors (Lipinski definition) is 1. The van der Waals surface area contributed by atoms with Crippen LogP contribution in [0.4, 0.5) is 11.4 Å². The fourth-order valence-electron chi connectivity index (χ4n) is 2.97. The molecule has 0 aromatic heterocycles. The van der Waals surface area contributed by atoms with Crippen molar-refractivity contribution in [3.63, 3.8) is 0 Å². The van der Waals surface area contributed by atoms with Gasteiger partial charge in [0.2, 0.25) is 0 Å².